The van der Waals surface area contributed by atoms with Gasteiger partial charge in [0.1, 0.15) is 17.3 Å². The number of hydrogen-bond donors (Lipinski definition) is 1. The molecule has 1 rings (SSSR count). The Kier molecular flexibility index (Phi) is 6.27. The van der Waals surface area contributed by atoms with Crippen molar-refractivity contribution in [2.24, 2.45) is 5.41 Å². The number of ether oxygens (including phenoxy) is 2. The third-order valence-corrected chi connectivity index (χ3v) is 3.86. The Morgan fingerprint density at radius 2 is 2.10 bits per heavy atom. The maximum atomic E-state index is 12.1. The standard InChI is InChI=1S/C16H26O4/c1-5-11-16(4,15(18)19-6-2)12(3)20-14-10-8-7-9-13(14)17/h5,13-14,17H,1,3,6-11H2,2,4H3/t13-,14-,16-/m0/s1. The van der Waals surface area contributed by atoms with Crippen LogP contribution in [0.3, 0.4) is 0 Å². The van der Waals surface area contributed by atoms with Crippen molar-refractivity contribution in [1.82, 2.24) is 0 Å². The van der Waals surface area contributed by atoms with Gasteiger partial charge in [0.15, 0.2) is 0 Å². The SMILES string of the molecule is C=CC[C@@](C)(C(=C)O[C@H]1CCCC[C@@H]1O)C(=O)OCC. The molecule has 114 valence electrons. The Labute approximate surface area is 121 Å². The molecule has 0 aromatic heterocycles. The average Bonchev–Trinajstić information content (AvgIpc) is 2.41. The van der Waals surface area contributed by atoms with Gasteiger partial charge in [-0.3, -0.25) is 4.79 Å². The minimum Gasteiger partial charge on any atom is -0.491 e. The highest BCUT2D eigenvalue weighted by molar-refractivity contribution is 5.79. The van der Waals surface area contributed by atoms with E-state index >= 15 is 0 Å². The topological polar surface area (TPSA) is 55.8 Å². The second kappa shape index (κ2) is 7.48. The predicted molar refractivity (Wildman–Crippen MR) is 78.0 cm³/mol. The van der Waals surface area contributed by atoms with Crippen LogP contribution in [-0.2, 0) is 14.3 Å². The lowest BCUT2D eigenvalue weighted by Crippen LogP contribution is -2.38. The van der Waals surface area contributed by atoms with Crippen molar-refractivity contribution in [3.63, 3.8) is 0 Å². The predicted octanol–water partition coefficient (Wildman–Crippen LogP) is 2.97. The van der Waals surface area contributed by atoms with E-state index in [0.717, 1.165) is 25.7 Å². The minimum atomic E-state index is -0.949. The van der Waals surface area contributed by atoms with Crippen molar-refractivity contribution in [2.45, 2.75) is 58.2 Å². The quantitative estimate of drug-likeness (QED) is 0.443. The van der Waals surface area contributed by atoms with Crippen LogP contribution in [0.1, 0.15) is 46.0 Å². The monoisotopic (exact) mass is 282 g/mol. The zero-order chi connectivity index (χ0) is 15.2. The molecule has 0 unspecified atom stereocenters. The Bertz CT molecular complexity index is 363. The first-order valence-corrected chi connectivity index (χ1v) is 7.28. The zero-order valence-electron chi connectivity index (χ0n) is 12.6. The molecular formula is C16H26O4. The van der Waals surface area contributed by atoms with Gasteiger partial charge in [-0.2, -0.15) is 0 Å². The van der Waals surface area contributed by atoms with Gasteiger partial charge in [0.2, 0.25) is 0 Å². The lowest BCUT2D eigenvalue weighted by molar-refractivity contribution is -0.155. The van der Waals surface area contributed by atoms with E-state index in [1.807, 2.05) is 0 Å². The molecule has 1 aliphatic rings. The van der Waals surface area contributed by atoms with E-state index in [0.29, 0.717) is 18.8 Å². The molecule has 3 atom stereocenters. The molecule has 0 saturated heterocycles. The third kappa shape index (κ3) is 3.85. The van der Waals surface area contributed by atoms with Crippen LogP contribution in [-0.4, -0.2) is 29.9 Å². The van der Waals surface area contributed by atoms with Crippen LogP contribution in [0.5, 0.6) is 0 Å². The van der Waals surface area contributed by atoms with Gasteiger partial charge in [-0.15, -0.1) is 6.58 Å². The normalized spacial score (nSPS) is 25.4. The van der Waals surface area contributed by atoms with Crippen LogP contribution in [0.4, 0.5) is 0 Å². The molecule has 1 N–H and O–H groups in total. The van der Waals surface area contributed by atoms with E-state index in [1.54, 1.807) is 19.9 Å². The second-order valence-corrected chi connectivity index (χ2v) is 5.48. The Morgan fingerprint density at radius 1 is 1.45 bits per heavy atom. The number of esters is 1. The molecule has 0 heterocycles. The summed E-state index contributed by atoms with van der Waals surface area (Å²) in [5, 5.41) is 9.95. The average molecular weight is 282 g/mol. The molecule has 0 aromatic carbocycles. The Morgan fingerprint density at radius 3 is 2.65 bits per heavy atom. The number of carbonyl (C=O) groups excluding carboxylic acids is 1. The summed E-state index contributed by atoms with van der Waals surface area (Å²) in [6, 6.07) is 0. The van der Waals surface area contributed by atoms with Gasteiger partial charge in [-0.05, 0) is 39.5 Å². The van der Waals surface area contributed by atoms with Crippen LogP contribution in [0.15, 0.2) is 25.0 Å². The molecule has 0 bridgehead atoms. The lowest BCUT2D eigenvalue weighted by Gasteiger charge is -2.34. The van der Waals surface area contributed by atoms with Crippen molar-refractivity contribution in [3.05, 3.63) is 25.0 Å². The molecule has 0 radical (unpaired) electrons. The third-order valence-electron chi connectivity index (χ3n) is 3.86. The smallest absolute Gasteiger partial charge is 0.319 e. The van der Waals surface area contributed by atoms with Gasteiger partial charge >= 0.3 is 5.97 Å². The van der Waals surface area contributed by atoms with Crippen molar-refractivity contribution in [3.8, 4) is 0 Å². The van der Waals surface area contributed by atoms with Gasteiger partial charge in [-0.1, -0.05) is 19.1 Å². The summed E-state index contributed by atoms with van der Waals surface area (Å²) < 4.78 is 10.9. The molecule has 0 aliphatic heterocycles. The van der Waals surface area contributed by atoms with E-state index in [9.17, 15) is 9.90 Å². The Balaban J connectivity index is 2.77. The van der Waals surface area contributed by atoms with Gasteiger partial charge in [-0.25, -0.2) is 0 Å². The maximum Gasteiger partial charge on any atom is 0.319 e. The molecule has 1 fully saturated rings. The van der Waals surface area contributed by atoms with Gasteiger partial charge < -0.3 is 14.6 Å². The number of rotatable bonds is 7. The molecular weight excluding hydrogens is 256 g/mol. The summed E-state index contributed by atoms with van der Waals surface area (Å²) in [6.07, 6.45) is 4.83. The van der Waals surface area contributed by atoms with Crippen LogP contribution >= 0.6 is 0 Å². The number of hydrogen-bond acceptors (Lipinski definition) is 4. The van der Waals surface area contributed by atoms with E-state index in [-0.39, 0.29) is 12.1 Å². The minimum absolute atomic E-state index is 0.283. The van der Waals surface area contributed by atoms with Gasteiger partial charge in [0, 0.05) is 0 Å². The largest absolute Gasteiger partial charge is 0.491 e. The summed E-state index contributed by atoms with van der Waals surface area (Å²) in [4.78, 5) is 12.1. The van der Waals surface area contributed by atoms with E-state index in [4.69, 9.17) is 9.47 Å². The lowest BCUT2D eigenvalue weighted by atomic mass is 9.84. The summed E-state index contributed by atoms with van der Waals surface area (Å²) in [6.45, 7) is 11.4. The molecule has 1 saturated carbocycles. The van der Waals surface area contributed by atoms with Crippen molar-refractivity contribution < 1.29 is 19.4 Å². The van der Waals surface area contributed by atoms with E-state index < -0.39 is 11.5 Å². The second-order valence-electron chi connectivity index (χ2n) is 5.48. The number of aliphatic hydroxyl groups is 1. The molecule has 20 heavy (non-hydrogen) atoms. The number of allylic oxidation sites excluding steroid dienone is 1. The van der Waals surface area contributed by atoms with Crippen molar-refractivity contribution in [1.29, 1.82) is 0 Å². The van der Waals surface area contributed by atoms with Crippen molar-refractivity contribution in [2.75, 3.05) is 6.61 Å². The zero-order valence-corrected chi connectivity index (χ0v) is 12.6. The van der Waals surface area contributed by atoms with E-state index in [1.165, 1.54) is 0 Å². The summed E-state index contributed by atoms with van der Waals surface area (Å²) >= 11 is 0. The van der Waals surface area contributed by atoms with Gasteiger partial charge in [0.25, 0.3) is 0 Å². The highest BCUT2D eigenvalue weighted by Crippen LogP contribution is 2.35. The summed E-state index contributed by atoms with van der Waals surface area (Å²) in [5.41, 5.74) is -0.949. The molecule has 4 nitrogen and oxygen atoms in total. The van der Waals surface area contributed by atoms with Crippen LogP contribution < -0.4 is 0 Å². The fourth-order valence-corrected chi connectivity index (χ4v) is 2.42. The van der Waals surface area contributed by atoms with Crippen LogP contribution in [0, 0.1) is 5.41 Å². The molecule has 0 amide bonds. The first-order valence-electron chi connectivity index (χ1n) is 7.28. The maximum absolute atomic E-state index is 12.1. The van der Waals surface area contributed by atoms with Crippen molar-refractivity contribution >= 4 is 5.97 Å². The highest BCUT2D eigenvalue weighted by Gasteiger charge is 2.40. The highest BCUT2D eigenvalue weighted by atomic mass is 16.5. The first-order chi connectivity index (χ1) is 9.45. The van der Waals surface area contributed by atoms with Crippen LogP contribution in [0.2, 0.25) is 0 Å². The molecule has 4 heteroatoms. The molecule has 0 aromatic rings. The summed E-state index contributed by atoms with van der Waals surface area (Å²) in [7, 11) is 0. The Hall–Kier alpha value is -1.29. The van der Waals surface area contributed by atoms with Gasteiger partial charge in [0.05, 0.1) is 12.7 Å². The molecule has 1 aliphatic carbocycles. The van der Waals surface area contributed by atoms with E-state index in [2.05, 4.69) is 13.2 Å². The molecule has 0 spiro atoms. The van der Waals surface area contributed by atoms with Crippen LogP contribution in [0.25, 0.3) is 0 Å². The summed E-state index contributed by atoms with van der Waals surface area (Å²) in [5.74, 6) is -0.0167. The fourth-order valence-electron chi connectivity index (χ4n) is 2.42. The number of carbonyl (C=O) groups is 1. The number of aliphatic hydroxyl groups excluding tert-OH is 1. The first kappa shape index (κ1) is 16.8. The fraction of sp³-hybridized carbons (Fsp3) is 0.688.